The molecule has 2 aliphatic carbocycles. The Morgan fingerprint density at radius 1 is 1.02 bits per heavy atom. The predicted molar refractivity (Wildman–Crippen MR) is 210 cm³/mol. The largest absolute Gasteiger partial charge is 0.490 e. The van der Waals surface area contributed by atoms with Gasteiger partial charge < -0.3 is 38.9 Å². The summed E-state index contributed by atoms with van der Waals surface area (Å²) in [6, 6.07) is 15.1. The van der Waals surface area contributed by atoms with Crippen LogP contribution in [0.3, 0.4) is 0 Å². The van der Waals surface area contributed by atoms with Gasteiger partial charge in [0.25, 0.3) is 0 Å². The lowest BCUT2D eigenvalue weighted by molar-refractivity contribution is -0.253. The fraction of sp³-hybridized carbons (Fsp3) is 0.545. The van der Waals surface area contributed by atoms with E-state index in [1.165, 1.54) is 0 Å². The molecular formula is C44H60N2O8. The number of allylic oxidation sites excluding steroid dienone is 1. The Balaban J connectivity index is 1.72. The Morgan fingerprint density at radius 2 is 1.74 bits per heavy atom. The van der Waals surface area contributed by atoms with Crippen LogP contribution in [-0.2, 0) is 20.9 Å². The van der Waals surface area contributed by atoms with E-state index >= 15 is 0 Å². The zero-order valence-electron chi connectivity index (χ0n) is 32.6. The molecule has 0 saturated heterocycles. The zero-order chi connectivity index (χ0) is 38.7. The summed E-state index contributed by atoms with van der Waals surface area (Å²) < 4.78 is 26.1. The van der Waals surface area contributed by atoms with Crippen LogP contribution in [-0.4, -0.2) is 78.8 Å². The molecule has 1 fully saturated rings. The number of oxime groups is 1. The first kappa shape index (κ1) is 41.1. The molecule has 294 valence electrons. The number of hydrogen-bond acceptors (Lipinski definition) is 9. The summed E-state index contributed by atoms with van der Waals surface area (Å²) in [4.78, 5) is 21.7. The van der Waals surface area contributed by atoms with Crippen molar-refractivity contribution in [3.05, 3.63) is 96.6 Å². The maximum atomic E-state index is 14.0. The third-order valence-corrected chi connectivity index (χ3v) is 10.6. The van der Waals surface area contributed by atoms with E-state index in [9.17, 15) is 15.0 Å². The van der Waals surface area contributed by atoms with E-state index in [0.29, 0.717) is 30.9 Å². The summed E-state index contributed by atoms with van der Waals surface area (Å²) in [5.41, 5.74) is 3.45. The molecule has 2 N–H and O–H groups in total. The van der Waals surface area contributed by atoms with Gasteiger partial charge in [-0.1, -0.05) is 93.9 Å². The van der Waals surface area contributed by atoms with Gasteiger partial charge >= 0.3 is 6.09 Å². The molecule has 3 aliphatic rings. The number of rotatable bonds is 19. The summed E-state index contributed by atoms with van der Waals surface area (Å²) in [6.07, 6.45) is 10.3. The summed E-state index contributed by atoms with van der Waals surface area (Å²) in [6.45, 7) is 15.2. The molecule has 0 spiro atoms. The second kappa shape index (κ2) is 19.0. The molecule has 1 saturated carbocycles. The first-order chi connectivity index (χ1) is 26.1. The van der Waals surface area contributed by atoms with Gasteiger partial charge in [-0.15, -0.1) is 6.58 Å². The van der Waals surface area contributed by atoms with Crippen LogP contribution in [0.15, 0.2) is 90.6 Å². The lowest BCUT2D eigenvalue weighted by Crippen LogP contribution is -2.69. The molecule has 1 aliphatic heterocycles. The highest BCUT2D eigenvalue weighted by atomic mass is 16.7. The smallest absolute Gasteiger partial charge is 0.410 e. The van der Waals surface area contributed by atoms with Crippen molar-refractivity contribution in [3.63, 3.8) is 0 Å². The summed E-state index contributed by atoms with van der Waals surface area (Å²) in [5.74, 6) is -0.312. The van der Waals surface area contributed by atoms with Crippen LogP contribution < -0.4 is 9.47 Å². The fourth-order valence-corrected chi connectivity index (χ4v) is 8.24. The fourth-order valence-electron chi connectivity index (χ4n) is 8.24. The molecule has 0 bridgehead atoms. The normalized spacial score (nSPS) is 25.0. The third-order valence-electron chi connectivity index (χ3n) is 10.6. The SMILES string of the molecule is C=CCOc1ccc2c(c1)C1C(CCCCO)C(CCCCO)C=C3C(=NOCc4ccccc4)CC(N(C)C(=O)OCC(C)(C)C)C(OCC=C)(O2)C31. The van der Waals surface area contributed by atoms with Gasteiger partial charge in [-0.25, -0.2) is 4.79 Å². The number of aliphatic hydroxyl groups is 2. The standard InChI is InChI=1S/C44H60N2O8/c1-7-24-50-33-20-21-38-36(27-33)40-34(19-13-15-23-48)32(18-12-14-22-47)26-35-37(45-53-29-31-16-10-9-11-17-31)28-39(44(54-38,41(35)40)52-25-8-2)46(6)42(49)51-30-43(3,4)5/h7-11,16-17,20-21,26-27,32,34,39-41,47-48H,1-2,12-15,18-19,22-25,28-30H2,3-6H3. The highest BCUT2D eigenvalue weighted by molar-refractivity contribution is 6.02. The minimum Gasteiger partial charge on any atom is -0.490 e. The van der Waals surface area contributed by atoms with Crippen molar-refractivity contribution >= 4 is 11.8 Å². The van der Waals surface area contributed by atoms with E-state index < -0.39 is 23.8 Å². The number of benzene rings is 2. The van der Waals surface area contributed by atoms with Crippen LogP contribution >= 0.6 is 0 Å². The number of carbonyl (C=O) groups is 1. The number of carbonyl (C=O) groups excluding carboxylic acids is 1. The van der Waals surface area contributed by atoms with Crippen LogP contribution in [0.25, 0.3) is 0 Å². The van der Waals surface area contributed by atoms with Gasteiger partial charge in [0.2, 0.25) is 5.79 Å². The first-order valence-electron chi connectivity index (χ1n) is 19.4. The maximum Gasteiger partial charge on any atom is 0.410 e. The first-order valence-corrected chi connectivity index (χ1v) is 19.4. The van der Waals surface area contributed by atoms with Gasteiger partial charge in [0.1, 0.15) is 30.8 Å². The minimum atomic E-state index is -1.35. The summed E-state index contributed by atoms with van der Waals surface area (Å²) in [7, 11) is 1.74. The molecule has 10 nitrogen and oxygen atoms in total. The molecule has 1 heterocycles. The van der Waals surface area contributed by atoms with E-state index in [-0.39, 0.29) is 62.6 Å². The van der Waals surface area contributed by atoms with Crippen LogP contribution in [0, 0.1) is 23.2 Å². The molecule has 6 atom stereocenters. The lowest BCUT2D eigenvalue weighted by Gasteiger charge is -2.59. The Hall–Kier alpha value is -4.12. The minimum absolute atomic E-state index is 0.108. The number of nitrogens with zero attached hydrogens (tertiary/aromatic N) is 2. The van der Waals surface area contributed by atoms with Crippen molar-refractivity contribution in [3.8, 4) is 11.5 Å². The molecule has 1 amide bonds. The molecule has 54 heavy (non-hydrogen) atoms. The van der Waals surface area contributed by atoms with E-state index in [0.717, 1.165) is 48.1 Å². The molecule has 10 heteroatoms. The Bertz CT molecular complexity index is 1620. The van der Waals surface area contributed by atoms with E-state index in [1.807, 2.05) is 63.2 Å². The molecule has 0 radical (unpaired) electrons. The molecule has 2 aromatic carbocycles. The topological polar surface area (TPSA) is 119 Å². The quantitative estimate of drug-likeness (QED) is 0.0840. The maximum absolute atomic E-state index is 14.0. The molecular weight excluding hydrogens is 684 g/mol. The van der Waals surface area contributed by atoms with E-state index in [4.69, 9.17) is 28.9 Å². The van der Waals surface area contributed by atoms with Crippen molar-refractivity contribution < 1.29 is 38.8 Å². The molecule has 2 aromatic rings. The Morgan fingerprint density at radius 3 is 2.43 bits per heavy atom. The monoisotopic (exact) mass is 744 g/mol. The summed E-state index contributed by atoms with van der Waals surface area (Å²) >= 11 is 0. The predicted octanol–water partition coefficient (Wildman–Crippen LogP) is 8.20. The Labute approximate surface area is 321 Å². The van der Waals surface area contributed by atoms with Crippen LogP contribution in [0.4, 0.5) is 4.79 Å². The Kier molecular flexibility index (Phi) is 14.4. The van der Waals surface area contributed by atoms with Gasteiger partial charge in [-0.2, -0.15) is 0 Å². The number of hydrogen-bond donors (Lipinski definition) is 2. The number of unbranched alkanes of at least 4 members (excludes halogenated alkanes) is 2. The van der Waals surface area contributed by atoms with Gasteiger partial charge in [-0.3, -0.25) is 0 Å². The number of fused-ring (bicyclic) bond motifs is 2. The van der Waals surface area contributed by atoms with Crippen molar-refractivity contribution in [2.75, 3.05) is 40.1 Å². The molecule has 5 rings (SSSR count). The zero-order valence-corrected chi connectivity index (χ0v) is 32.6. The number of likely N-dealkylation sites (N-methyl/N-ethyl adjacent to an activating group) is 1. The van der Waals surface area contributed by atoms with Crippen molar-refractivity contribution in [1.82, 2.24) is 4.90 Å². The lowest BCUT2D eigenvalue weighted by atomic mass is 9.55. The van der Waals surface area contributed by atoms with Gasteiger partial charge in [-0.05, 0) is 72.3 Å². The summed E-state index contributed by atoms with van der Waals surface area (Å²) in [5, 5.41) is 24.5. The van der Waals surface area contributed by atoms with Gasteiger partial charge in [0.05, 0.1) is 24.8 Å². The highest BCUT2D eigenvalue weighted by Crippen LogP contribution is 2.61. The average molecular weight is 745 g/mol. The molecule has 6 unspecified atom stereocenters. The van der Waals surface area contributed by atoms with E-state index in [1.54, 1.807) is 24.1 Å². The number of aliphatic hydroxyl groups excluding tert-OH is 2. The van der Waals surface area contributed by atoms with Crippen molar-refractivity contribution in [1.29, 1.82) is 0 Å². The number of amides is 1. The second-order valence-electron chi connectivity index (χ2n) is 15.9. The average Bonchev–Trinajstić information content (AvgIpc) is 3.16. The number of ether oxygens (including phenoxy) is 4. The second-order valence-corrected chi connectivity index (χ2v) is 15.9. The highest BCUT2D eigenvalue weighted by Gasteiger charge is 2.65. The molecule has 0 aromatic heterocycles. The third kappa shape index (κ3) is 9.57. The van der Waals surface area contributed by atoms with Crippen LogP contribution in [0.2, 0.25) is 0 Å². The van der Waals surface area contributed by atoms with Crippen LogP contribution in [0.5, 0.6) is 11.5 Å². The van der Waals surface area contributed by atoms with E-state index in [2.05, 4.69) is 25.3 Å². The van der Waals surface area contributed by atoms with Crippen LogP contribution in [0.1, 0.15) is 82.8 Å². The van der Waals surface area contributed by atoms with Gasteiger partial charge in [0, 0.05) is 38.2 Å². The van der Waals surface area contributed by atoms with Crippen molar-refractivity contribution in [2.45, 2.75) is 90.1 Å². The van der Waals surface area contributed by atoms with Crippen molar-refractivity contribution in [2.24, 2.45) is 28.3 Å². The van der Waals surface area contributed by atoms with Gasteiger partial charge in [0.15, 0.2) is 0 Å².